The molecule has 2 N–H and O–H groups in total. The zero-order valence-electron chi connectivity index (χ0n) is 10.8. The first kappa shape index (κ1) is 14.9. The molecule has 108 valence electrons. The van der Waals surface area contributed by atoms with Gasteiger partial charge < -0.3 is 10.3 Å². The predicted octanol–water partition coefficient (Wildman–Crippen LogP) is 2.22. The molecule has 0 radical (unpaired) electrons. The summed E-state index contributed by atoms with van der Waals surface area (Å²) < 4.78 is 25.0. The molecule has 0 fully saturated rings. The number of unbranched alkanes of at least 4 members (excludes halogenated alkanes) is 1. The van der Waals surface area contributed by atoms with E-state index in [0.29, 0.717) is 24.8 Å². The number of benzene rings is 1. The molecule has 20 heavy (non-hydrogen) atoms. The average molecular weight is 315 g/mol. The summed E-state index contributed by atoms with van der Waals surface area (Å²) in [6.45, 7) is 0.611. The van der Waals surface area contributed by atoms with Crippen molar-refractivity contribution in [1.29, 1.82) is 0 Å². The first-order chi connectivity index (χ1) is 9.39. The lowest BCUT2D eigenvalue weighted by molar-refractivity contribution is -0.118. The number of hydrogen-bond acceptors (Lipinski definition) is 3. The van der Waals surface area contributed by atoms with Gasteiger partial charge in [-0.1, -0.05) is 18.2 Å². The molecule has 0 aliphatic rings. The van der Waals surface area contributed by atoms with Gasteiger partial charge in [0.15, 0.2) is 0 Å². The van der Waals surface area contributed by atoms with E-state index in [4.69, 9.17) is 16.4 Å². The van der Waals surface area contributed by atoms with E-state index in [2.05, 4.69) is 0 Å². The Hall–Kier alpha value is -1.53. The Morgan fingerprint density at radius 2 is 1.95 bits per heavy atom. The Morgan fingerprint density at radius 3 is 2.60 bits per heavy atom. The lowest BCUT2D eigenvalue weighted by Gasteiger charge is -2.04. The van der Waals surface area contributed by atoms with Gasteiger partial charge in [-0.15, -0.1) is 0 Å². The predicted molar refractivity (Wildman–Crippen MR) is 78.0 cm³/mol. The van der Waals surface area contributed by atoms with E-state index >= 15 is 0 Å². The maximum absolute atomic E-state index is 11.6. The molecule has 1 aromatic heterocycles. The molecule has 0 spiro atoms. The van der Waals surface area contributed by atoms with Crippen LogP contribution in [0.4, 0.5) is 0 Å². The van der Waals surface area contributed by atoms with Crippen molar-refractivity contribution in [1.82, 2.24) is 4.57 Å². The van der Waals surface area contributed by atoms with Gasteiger partial charge in [-0.25, -0.2) is 8.42 Å². The van der Waals surface area contributed by atoms with Crippen LogP contribution in [0.3, 0.4) is 0 Å². The molecule has 0 atom stereocenters. The normalized spacial score (nSPS) is 11.8. The Bertz CT molecular complexity index is 737. The van der Waals surface area contributed by atoms with Crippen LogP contribution in [0.5, 0.6) is 0 Å². The first-order valence-electron chi connectivity index (χ1n) is 6.20. The lowest BCUT2D eigenvalue weighted by atomic mass is 10.2. The van der Waals surface area contributed by atoms with Crippen LogP contribution in [0.2, 0.25) is 0 Å². The number of rotatable bonds is 6. The van der Waals surface area contributed by atoms with Gasteiger partial charge in [0.05, 0.1) is 0 Å². The topological polar surface area (TPSA) is 82.2 Å². The van der Waals surface area contributed by atoms with Gasteiger partial charge in [0.25, 0.3) is 9.05 Å². The van der Waals surface area contributed by atoms with E-state index in [1.165, 1.54) is 6.20 Å². The second kappa shape index (κ2) is 5.85. The number of nitrogens with two attached hydrogens (primary N) is 1. The van der Waals surface area contributed by atoms with E-state index < -0.39 is 9.05 Å². The van der Waals surface area contributed by atoms with E-state index in [9.17, 15) is 13.2 Å². The Morgan fingerprint density at radius 1 is 1.25 bits per heavy atom. The molecule has 0 bridgehead atoms. The minimum Gasteiger partial charge on any atom is -0.370 e. The molecule has 1 amide bonds. The first-order valence-corrected chi connectivity index (χ1v) is 8.51. The highest BCUT2D eigenvalue weighted by Crippen LogP contribution is 2.28. The SMILES string of the molecule is NC(=O)CCCCn1cc(S(=O)(=O)Cl)c2ccccc21. The number of para-hydroxylation sites is 1. The number of carbonyl (C=O) groups excluding carboxylic acids is 1. The highest BCUT2D eigenvalue weighted by atomic mass is 35.7. The molecule has 0 unspecified atom stereocenters. The standard InChI is InChI=1S/C13H15ClN2O3S/c14-20(18,19)12-9-16(8-4-3-7-13(15)17)11-6-2-1-5-10(11)12/h1-2,5-6,9H,3-4,7-8H2,(H2,15,17). The maximum atomic E-state index is 11.6. The second-order valence-corrected chi connectivity index (χ2v) is 7.10. The zero-order valence-corrected chi connectivity index (χ0v) is 12.3. The molecule has 2 rings (SSSR count). The van der Waals surface area contributed by atoms with Gasteiger partial charge in [0, 0.05) is 40.7 Å². The van der Waals surface area contributed by atoms with Gasteiger partial charge in [-0.2, -0.15) is 0 Å². The van der Waals surface area contributed by atoms with E-state index in [1.54, 1.807) is 12.1 Å². The third-order valence-electron chi connectivity index (χ3n) is 3.09. The summed E-state index contributed by atoms with van der Waals surface area (Å²) in [7, 11) is 1.68. The molecule has 0 saturated carbocycles. The largest absolute Gasteiger partial charge is 0.370 e. The highest BCUT2D eigenvalue weighted by Gasteiger charge is 2.18. The van der Waals surface area contributed by atoms with Crippen LogP contribution >= 0.6 is 10.7 Å². The average Bonchev–Trinajstić information content (AvgIpc) is 2.73. The minimum atomic E-state index is -3.78. The van der Waals surface area contributed by atoms with Crippen molar-refractivity contribution < 1.29 is 13.2 Å². The molecular formula is C13H15ClN2O3S. The highest BCUT2D eigenvalue weighted by molar-refractivity contribution is 8.14. The van der Waals surface area contributed by atoms with Crippen LogP contribution in [0, 0.1) is 0 Å². The number of halogens is 1. The number of amides is 1. The Balaban J connectivity index is 2.28. The zero-order chi connectivity index (χ0) is 14.8. The van der Waals surface area contributed by atoms with E-state index in [1.807, 2.05) is 16.7 Å². The summed E-state index contributed by atoms with van der Waals surface area (Å²) >= 11 is 0. The Labute approximate surface area is 121 Å². The quantitative estimate of drug-likeness (QED) is 0.655. The van der Waals surface area contributed by atoms with Crippen molar-refractivity contribution in [3.05, 3.63) is 30.5 Å². The molecule has 1 aromatic carbocycles. The van der Waals surface area contributed by atoms with Gasteiger partial charge in [-0.05, 0) is 18.9 Å². The molecule has 0 aliphatic carbocycles. The van der Waals surface area contributed by atoms with E-state index in [0.717, 1.165) is 11.9 Å². The van der Waals surface area contributed by atoms with Crippen molar-refractivity contribution in [3.8, 4) is 0 Å². The van der Waals surface area contributed by atoms with Crippen LogP contribution in [0.1, 0.15) is 19.3 Å². The van der Waals surface area contributed by atoms with Crippen LogP contribution in [-0.4, -0.2) is 18.9 Å². The van der Waals surface area contributed by atoms with Gasteiger partial charge in [0.2, 0.25) is 5.91 Å². The smallest absolute Gasteiger partial charge is 0.263 e. The summed E-state index contributed by atoms with van der Waals surface area (Å²) in [6.07, 6.45) is 3.28. The summed E-state index contributed by atoms with van der Waals surface area (Å²) in [5.74, 6) is -0.327. The minimum absolute atomic E-state index is 0.115. The number of carbonyl (C=O) groups is 1. The van der Waals surface area contributed by atoms with Gasteiger partial charge in [-0.3, -0.25) is 4.79 Å². The number of fused-ring (bicyclic) bond motifs is 1. The van der Waals surface area contributed by atoms with E-state index in [-0.39, 0.29) is 10.8 Å². The third-order valence-corrected chi connectivity index (χ3v) is 4.44. The number of primary amides is 1. The second-order valence-electron chi connectivity index (χ2n) is 4.57. The van der Waals surface area contributed by atoms with Crippen LogP contribution < -0.4 is 5.73 Å². The van der Waals surface area contributed by atoms with Crippen molar-refractivity contribution in [3.63, 3.8) is 0 Å². The summed E-state index contributed by atoms with van der Waals surface area (Å²) in [5.41, 5.74) is 5.89. The molecule has 0 aliphatic heterocycles. The molecule has 0 saturated heterocycles. The van der Waals surface area contributed by atoms with Crippen LogP contribution in [0.25, 0.3) is 10.9 Å². The Kier molecular flexibility index (Phi) is 4.35. The fourth-order valence-corrected chi connectivity index (χ4v) is 3.23. The molecule has 7 heteroatoms. The van der Waals surface area contributed by atoms with Crippen molar-refractivity contribution in [2.24, 2.45) is 5.73 Å². The molecular weight excluding hydrogens is 300 g/mol. The number of nitrogens with zero attached hydrogens (tertiary/aromatic N) is 1. The van der Waals surface area contributed by atoms with Crippen LogP contribution in [0.15, 0.2) is 35.4 Å². The summed E-state index contributed by atoms with van der Waals surface area (Å²) in [4.78, 5) is 10.8. The number of aromatic nitrogens is 1. The lowest BCUT2D eigenvalue weighted by Crippen LogP contribution is -2.10. The maximum Gasteiger partial charge on any atom is 0.263 e. The van der Waals surface area contributed by atoms with Crippen molar-refractivity contribution >= 4 is 36.5 Å². The van der Waals surface area contributed by atoms with Crippen molar-refractivity contribution in [2.75, 3.05) is 0 Å². The monoisotopic (exact) mass is 314 g/mol. The summed E-state index contributed by atoms with van der Waals surface area (Å²) in [5, 5.41) is 0.609. The van der Waals surface area contributed by atoms with Crippen molar-refractivity contribution in [2.45, 2.75) is 30.7 Å². The molecule has 1 heterocycles. The van der Waals surface area contributed by atoms with Crippen LogP contribution in [-0.2, 0) is 20.4 Å². The summed E-state index contributed by atoms with van der Waals surface area (Å²) in [6, 6.07) is 7.18. The third kappa shape index (κ3) is 3.32. The molecule has 5 nitrogen and oxygen atoms in total. The molecule has 2 aromatic rings. The van der Waals surface area contributed by atoms with Gasteiger partial charge >= 0.3 is 0 Å². The fraction of sp³-hybridized carbons (Fsp3) is 0.308. The number of hydrogen-bond donors (Lipinski definition) is 1. The number of aryl methyl sites for hydroxylation is 1. The fourth-order valence-electron chi connectivity index (χ4n) is 2.17. The van der Waals surface area contributed by atoms with Gasteiger partial charge in [0.1, 0.15) is 4.90 Å².